The van der Waals surface area contributed by atoms with E-state index in [1.807, 2.05) is 6.33 Å². The molecule has 1 aromatic rings. The summed E-state index contributed by atoms with van der Waals surface area (Å²) < 4.78 is 2.27. The van der Waals surface area contributed by atoms with Gasteiger partial charge in [0.25, 0.3) is 0 Å². The third-order valence-electron chi connectivity index (χ3n) is 2.65. The van der Waals surface area contributed by atoms with Crippen molar-refractivity contribution in [3.8, 4) is 0 Å². The van der Waals surface area contributed by atoms with Gasteiger partial charge in [0.15, 0.2) is 0 Å². The van der Waals surface area contributed by atoms with Crippen LogP contribution in [0.3, 0.4) is 0 Å². The molecular weight excluding hydrogens is 160 g/mol. The average Bonchev–Trinajstić information content (AvgIpc) is 2.58. The topological polar surface area (TPSA) is 17.8 Å². The minimum absolute atomic E-state index is 0.985. The second kappa shape index (κ2) is 3.77. The maximum absolute atomic E-state index is 4.44. The first-order valence-corrected chi connectivity index (χ1v) is 5.06. The van der Waals surface area contributed by atoms with E-state index < -0.39 is 0 Å². The normalized spacial score (nSPS) is 16.4. The minimum Gasteiger partial charge on any atom is -0.331 e. The monoisotopic (exact) mass is 176 g/mol. The van der Waals surface area contributed by atoms with Crippen LogP contribution in [-0.2, 0) is 19.4 Å². The molecular formula is C11H16N2. The Balaban J connectivity index is 2.21. The summed E-state index contributed by atoms with van der Waals surface area (Å²) in [5.41, 5.74) is 2.79. The molecule has 70 valence electrons. The third kappa shape index (κ3) is 1.67. The zero-order valence-electron chi connectivity index (χ0n) is 8.16. The van der Waals surface area contributed by atoms with Gasteiger partial charge in [-0.05, 0) is 32.6 Å². The zero-order valence-corrected chi connectivity index (χ0v) is 8.16. The van der Waals surface area contributed by atoms with Crippen LogP contribution in [0.4, 0.5) is 0 Å². The molecule has 0 radical (unpaired) electrons. The number of aromatic nitrogens is 2. The molecule has 0 atom stereocenters. The highest BCUT2D eigenvalue weighted by atomic mass is 15.1. The van der Waals surface area contributed by atoms with Crippen LogP contribution < -0.4 is 0 Å². The predicted octanol–water partition coefficient (Wildman–Crippen LogP) is 2.34. The predicted molar refractivity (Wildman–Crippen MR) is 53.7 cm³/mol. The van der Waals surface area contributed by atoms with Crippen LogP contribution in [-0.4, -0.2) is 9.55 Å². The van der Waals surface area contributed by atoms with E-state index in [-0.39, 0.29) is 0 Å². The number of aryl methyl sites for hydroxylation is 1. The second-order valence-corrected chi connectivity index (χ2v) is 3.57. The molecule has 2 heteroatoms. The summed E-state index contributed by atoms with van der Waals surface area (Å²) >= 11 is 0. The van der Waals surface area contributed by atoms with E-state index in [1.165, 1.54) is 37.1 Å². The van der Waals surface area contributed by atoms with E-state index in [1.54, 1.807) is 0 Å². The first kappa shape index (κ1) is 8.54. The van der Waals surface area contributed by atoms with Crippen molar-refractivity contribution in [2.45, 2.75) is 39.2 Å². The number of nitrogens with zero attached hydrogens (tertiary/aromatic N) is 2. The summed E-state index contributed by atoms with van der Waals surface area (Å²) in [6, 6.07) is 0. The van der Waals surface area contributed by atoms with Gasteiger partial charge < -0.3 is 4.57 Å². The number of rotatable bonds is 2. The Labute approximate surface area is 79.3 Å². The van der Waals surface area contributed by atoms with Crippen LogP contribution in [0.2, 0.25) is 0 Å². The highest BCUT2D eigenvalue weighted by molar-refractivity contribution is 5.16. The lowest BCUT2D eigenvalue weighted by Crippen LogP contribution is -2.07. The van der Waals surface area contributed by atoms with Crippen molar-refractivity contribution in [2.75, 3.05) is 0 Å². The second-order valence-electron chi connectivity index (χ2n) is 3.57. The highest BCUT2D eigenvalue weighted by Gasteiger charge is 2.13. The molecule has 0 bridgehead atoms. The maximum atomic E-state index is 4.44. The van der Waals surface area contributed by atoms with Crippen LogP contribution >= 0.6 is 0 Å². The van der Waals surface area contributed by atoms with Crippen LogP contribution in [0.5, 0.6) is 0 Å². The van der Waals surface area contributed by atoms with Crippen LogP contribution in [0, 0.1) is 0 Å². The van der Waals surface area contributed by atoms with Crippen molar-refractivity contribution in [2.24, 2.45) is 0 Å². The van der Waals surface area contributed by atoms with E-state index >= 15 is 0 Å². The zero-order chi connectivity index (χ0) is 9.10. The van der Waals surface area contributed by atoms with Gasteiger partial charge in [-0.2, -0.15) is 0 Å². The van der Waals surface area contributed by atoms with E-state index in [9.17, 15) is 0 Å². The molecule has 13 heavy (non-hydrogen) atoms. The largest absolute Gasteiger partial charge is 0.331 e. The molecule has 0 saturated carbocycles. The number of hydrogen-bond acceptors (Lipinski definition) is 1. The number of hydrogen-bond donors (Lipinski definition) is 0. The van der Waals surface area contributed by atoms with Gasteiger partial charge in [-0.15, -0.1) is 0 Å². The molecule has 0 amide bonds. The van der Waals surface area contributed by atoms with E-state index in [0.29, 0.717) is 0 Å². The van der Waals surface area contributed by atoms with Crippen LogP contribution in [0.25, 0.3) is 0 Å². The molecule has 0 spiro atoms. The summed E-state index contributed by atoms with van der Waals surface area (Å²) in [7, 11) is 0. The first-order valence-electron chi connectivity index (χ1n) is 5.06. The van der Waals surface area contributed by atoms with Crippen molar-refractivity contribution in [1.82, 2.24) is 9.55 Å². The van der Waals surface area contributed by atoms with E-state index in [0.717, 1.165) is 6.54 Å². The molecule has 1 aliphatic carbocycles. The molecule has 0 fully saturated rings. The standard InChI is InChI=1S/C11H16N2/c1-2-3-8-13-9-12-10-6-4-5-7-11(10)13/h2-3,9H,4-8H2,1H3/b3-2+. The summed E-state index contributed by atoms with van der Waals surface area (Å²) in [6.07, 6.45) is 11.3. The fourth-order valence-electron chi connectivity index (χ4n) is 1.91. The van der Waals surface area contributed by atoms with Crippen molar-refractivity contribution in [3.63, 3.8) is 0 Å². The van der Waals surface area contributed by atoms with Gasteiger partial charge in [0.1, 0.15) is 0 Å². The van der Waals surface area contributed by atoms with E-state index in [4.69, 9.17) is 0 Å². The minimum atomic E-state index is 0.985. The number of fused-ring (bicyclic) bond motifs is 1. The Morgan fingerprint density at radius 1 is 1.46 bits per heavy atom. The van der Waals surface area contributed by atoms with Gasteiger partial charge in [-0.1, -0.05) is 12.2 Å². The van der Waals surface area contributed by atoms with Gasteiger partial charge in [0, 0.05) is 12.2 Å². The summed E-state index contributed by atoms with van der Waals surface area (Å²) in [6.45, 7) is 3.04. The fourth-order valence-corrected chi connectivity index (χ4v) is 1.91. The molecule has 1 heterocycles. The fraction of sp³-hybridized carbons (Fsp3) is 0.545. The Morgan fingerprint density at radius 2 is 2.31 bits per heavy atom. The maximum Gasteiger partial charge on any atom is 0.0954 e. The van der Waals surface area contributed by atoms with Gasteiger partial charge >= 0.3 is 0 Å². The lowest BCUT2D eigenvalue weighted by atomic mass is 10.0. The highest BCUT2D eigenvalue weighted by Crippen LogP contribution is 2.19. The van der Waals surface area contributed by atoms with Gasteiger partial charge in [-0.3, -0.25) is 0 Å². The number of imidazole rings is 1. The lowest BCUT2D eigenvalue weighted by molar-refractivity contribution is 0.632. The average molecular weight is 176 g/mol. The molecule has 0 unspecified atom stereocenters. The molecule has 2 rings (SSSR count). The van der Waals surface area contributed by atoms with Crippen molar-refractivity contribution >= 4 is 0 Å². The van der Waals surface area contributed by atoms with Gasteiger partial charge in [-0.25, -0.2) is 4.98 Å². The smallest absolute Gasteiger partial charge is 0.0954 e. The molecule has 0 saturated heterocycles. The number of allylic oxidation sites excluding steroid dienone is 2. The van der Waals surface area contributed by atoms with Crippen molar-refractivity contribution in [1.29, 1.82) is 0 Å². The molecule has 1 aromatic heterocycles. The Bertz CT molecular complexity index is 310. The van der Waals surface area contributed by atoms with Crippen molar-refractivity contribution in [3.05, 3.63) is 29.9 Å². The summed E-state index contributed by atoms with van der Waals surface area (Å²) in [5.74, 6) is 0. The van der Waals surface area contributed by atoms with Crippen LogP contribution in [0.15, 0.2) is 18.5 Å². The molecule has 0 aliphatic heterocycles. The summed E-state index contributed by atoms with van der Waals surface area (Å²) in [5, 5.41) is 0. The summed E-state index contributed by atoms with van der Waals surface area (Å²) in [4.78, 5) is 4.44. The van der Waals surface area contributed by atoms with Crippen molar-refractivity contribution < 1.29 is 0 Å². The third-order valence-corrected chi connectivity index (χ3v) is 2.65. The SMILES string of the molecule is C/C=C/Cn1cnc2c1CCCC2. The first-order chi connectivity index (χ1) is 6.42. The molecule has 1 aliphatic rings. The Kier molecular flexibility index (Phi) is 2.48. The lowest BCUT2D eigenvalue weighted by Gasteiger charge is -2.12. The van der Waals surface area contributed by atoms with Crippen LogP contribution in [0.1, 0.15) is 31.2 Å². The van der Waals surface area contributed by atoms with Gasteiger partial charge in [0.2, 0.25) is 0 Å². The Morgan fingerprint density at radius 3 is 3.15 bits per heavy atom. The molecule has 0 N–H and O–H groups in total. The molecule has 0 aromatic carbocycles. The quantitative estimate of drug-likeness (QED) is 0.632. The van der Waals surface area contributed by atoms with E-state index in [2.05, 4.69) is 28.6 Å². The van der Waals surface area contributed by atoms with Gasteiger partial charge in [0.05, 0.1) is 12.0 Å². The Hall–Kier alpha value is -1.05. The molecule has 2 nitrogen and oxygen atoms in total.